The molecule has 0 aromatic carbocycles. The van der Waals surface area contributed by atoms with E-state index in [1.165, 1.54) is 4.40 Å². The van der Waals surface area contributed by atoms with Crippen molar-refractivity contribution in [1.82, 2.24) is 34.4 Å². The first-order valence-corrected chi connectivity index (χ1v) is 12.2. The largest absolute Gasteiger partial charge is 0.320 e. The van der Waals surface area contributed by atoms with Gasteiger partial charge in [0.05, 0.1) is 29.1 Å². The van der Waals surface area contributed by atoms with Gasteiger partial charge in [-0.2, -0.15) is 4.39 Å². The second-order valence-electron chi connectivity index (χ2n) is 10.3. The number of carbonyl (C=O) groups excluding carboxylic acids is 1. The number of aryl methyl sites for hydroxylation is 1. The average Bonchev–Trinajstić information content (AvgIpc) is 3.42. The van der Waals surface area contributed by atoms with Crippen molar-refractivity contribution in [3.63, 3.8) is 0 Å². The normalized spacial score (nSPS) is 19.6. The van der Waals surface area contributed by atoms with Gasteiger partial charge >= 0.3 is 0 Å². The lowest BCUT2D eigenvalue weighted by Gasteiger charge is -2.45. The molecule has 0 atom stereocenters. The van der Waals surface area contributed by atoms with E-state index in [-0.39, 0.29) is 17.0 Å². The summed E-state index contributed by atoms with van der Waals surface area (Å²) in [5, 5.41) is 14.8. The second-order valence-corrected chi connectivity index (χ2v) is 10.3. The monoisotopic (exact) mass is 490 g/mol. The molecule has 1 aliphatic rings. The van der Waals surface area contributed by atoms with E-state index in [2.05, 4.69) is 51.6 Å². The molecule has 36 heavy (non-hydrogen) atoms. The quantitative estimate of drug-likeness (QED) is 0.390. The van der Waals surface area contributed by atoms with Crippen LogP contribution < -0.4 is 10.6 Å². The Morgan fingerprint density at radius 1 is 1.25 bits per heavy atom. The lowest BCUT2D eigenvalue weighted by molar-refractivity contribution is 0.102. The maximum absolute atomic E-state index is 14.4. The molecule has 2 N–H and O–H groups in total. The third-order valence-electron chi connectivity index (χ3n) is 6.83. The van der Waals surface area contributed by atoms with Crippen LogP contribution in [0.15, 0.2) is 43.2 Å². The summed E-state index contributed by atoms with van der Waals surface area (Å²) in [6.45, 7) is 7.78. The highest BCUT2D eigenvalue weighted by Crippen LogP contribution is 2.51. The first-order chi connectivity index (χ1) is 17.3. The van der Waals surface area contributed by atoms with Crippen molar-refractivity contribution < 1.29 is 9.18 Å². The number of pyridine rings is 2. The number of imidazole rings is 1. The Morgan fingerprint density at radius 2 is 2.06 bits per heavy atom. The van der Waals surface area contributed by atoms with Gasteiger partial charge in [0, 0.05) is 26.0 Å². The van der Waals surface area contributed by atoms with Crippen LogP contribution in [0.1, 0.15) is 60.9 Å². The fourth-order valence-electron chi connectivity index (χ4n) is 5.25. The van der Waals surface area contributed by atoms with Crippen LogP contribution in [0.3, 0.4) is 0 Å². The summed E-state index contributed by atoms with van der Waals surface area (Å²) in [7, 11) is 1.94. The Kier molecular flexibility index (Phi) is 6.29. The molecule has 0 radical (unpaired) electrons. The van der Waals surface area contributed by atoms with Crippen LogP contribution in [-0.2, 0) is 19.0 Å². The molecule has 0 bridgehead atoms. The highest BCUT2D eigenvalue weighted by Gasteiger charge is 2.48. The zero-order valence-corrected chi connectivity index (χ0v) is 21.0. The smallest absolute Gasteiger partial charge is 0.259 e. The number of nitrogens with one attached hydrogen (secondary N) is 2. The molecule has 0 saturated heterocycles. The molecule has 4 heterocycles. The van der Waals surface area contributed by atoms with Gasteiger partial charge in [-0.1, -0.05) is 20.8 Å². The lowest BCUT2D eigenvalue weighted by atomic mass is 9.59. The summed E-state index contributed by atoms with van der Waals surface area (Å²) in [4.78, 5) is 21.9. The van der Waals surface area contributed by atoms with Crippen LogP contribution in [-0.4, -0.2) is 41.6 Å². The predicted molar refractivity (Wildman–Crippen MR) is 134 cm³/mol. The summed E-state index contributed by atoms with van der Waals surface area (Å²) < 4.78 is 17.7. The van der Waals surface area contributed by atoms with Crippen molar-refractivity contribution in [2.24, 2.45) is 18.9 Å². The van der Waals surface area contributed by atoms with Crippen LogP contribution >= 0.6 is 0 Å². The van der Waals surface area contributed by atoms with Gasteiger partial charge in [-0.05, 0) is 54.5 Å². The fourth-order valence-corrected chi connectivity index (χ4v) is 5.25. The summed E-state index contributed by atoms with van der Waals surface area (Å²) in [5.74, 6) is 1.03. The number of carbonyl (C=O) groups is 1. The number of anilines is 1. The summed E-state index contributed by atoms with van der Waals surface area (Å²) in [6, 6.07) is 3.71. The van der Waals surface area contributed by atoms with Crippen molar-refractivity contribution in [3.05, 3.63) is 71.7 Å². The third kappa shape index (κ3) is 4.37. The lowest BCUT2D eigenvalue weighted by Crippen LogP contribution is -2.43. The van der Waals surface area contributed by atoms with Gasteiger partial charge < -0.3 is 15.2 Å². The molecule has 1 amide bonds. The first kappa shape index (κ1) is 24.1. The van der Waals surface area contributed by atoms with Gasteiger partial charge in [0.25, 0.3) is 5.91 Å². The van der Waals surface area contributed by atoms with Crippen LogP contribution in [0.2, 0.25) is 0 Å². The van der Waals surface area contributed by atoms with Crippen LogP contribution in [0.5, 0.6) is 0 Å². The van der Waals surface area contributed by atoms with E-state index in [1.807, 2.05) is 23.9 Å². The molecule has 1 fully saturated rings. The van der Waals surface area contributed by atoms with E-state index >= 15 is 0 Å². The van der Waals surface area contributed by atoms with Crippen LogP contribution in [0.4, 0.5) is 10.1 Å². The Hall–Kier alpha value is -3.66. The minimum atomic E-state index is -0.516. The molecule has 1 saturated carbocycles. The molecule has 0 aliphatic heterocycles. The van der Waals surface area contributed by atoms with Crippen molar-refractivity contribution >= 4 is 17.2 Å². The molecule has 10 heteroatoms. The number of hydrogen-bond acceptors (Lipinski definition) is 6. The molecule has 9 nitrogen and oxygen atoms in total. The van der Waals surface area contributed by atoms with Crippen molar-refractivity contribution in [2.75, 3.05) is 11.9 Å². The zero-order valence-electron chi connectivity index (χ0n) is 21.0. The average molecular weight is 491 g/mol. The van der Waals surface area contributed by atoms with E-state index in [0.717, 1.165) is 42.5 Å². The Labute approximate surface area is 209 Å². The van der Waals surface area contributed by atoms with Crippen LogP contribution in [0.25, 0.3) is 5.65 Å². The summed E-state index contributed by atoms with van der Waals surface area (Å²) in [5.41, 5.74) is 2.62. The number of amides is 1. The van der Waals surface area contributed by atoms with Gasteiger partial charge in [-0.3, -0.25) is 14.2 Å². The third-order valence-corrected chi connectivity index (χ3v) is 6.83. The topological polar surface area (TPSA) is 102 Å². The minimum Gasteiger partial charge on any atom is -0.320 e. The van der Waals surface area contributed by atoms with E-state index in [1.54, 1.807) is 24.8 Å². The molecular formula is C26H31FN8O. The number of aromatic nitrogens is 6. The highest BCUT2D eigenvalue weighted by atomic mass is 19.1. The van der Waals surface area contributed by atoms with Gasteiger partial charge in [-0.15, -0.1) is 10.2 Å². The molecule has 5 rings (SSSR count). The van der Waals surface area contributed by atoms with Gasteiger partial charge in [0.15, 0.2) is 5.65 Å². The van der Waals surface area contributed by atoms with E-state index in [9.17, 15) is 9.18 Å². The SMILES string of the molecule is CC(C)CNCc1cc(C(=O)Nc2cncc(C3(c4nncn4C)CC(C)C3)c2)c2ncc(F)n2c1. The maximum Gasteiger partial charge on any atom is 0.259 e. The van der Waals surface area contributed by atoms with Gasteiger partial charge in [0.2, 0.25) is 5.95 Å². The summed E-state index contributed by atoms with van der Waals surface area (Å²) >= 11 is 0. The molecular weight excluding hydrogens is 459 g/mol. The number of nitrogens with zero attached hydrogens (tertiary/aromatic N) is 6. The molecule has 4 aromatic rings. The van der Waals surface area contributed by atoms with E-state index in [0.29, 0.717) is 29.6 Å². The zero-order chi connectivity index (χ0) is 25.4. The predicted octanol–water partition coefficient (Wildman–Crippen LogP) is 3.71. The molecule has 1 aliphatic carbocycles. The fraction of sp³-hybridized carbons (Fsp3) is 0.423. The number of fused-ring (bicyclic) bond motifs is 1. The molecule has 4 aromatic heterocycles. The number of halogens is 1. The number of hydrogen-bond donors (Lipinski definition) is 2. The highest BCUT2D eigenvalue weighted by molar-refractivity contribution is 6.08. The first-order valence-electron chi connectivity index (χ1n) is 12.2. The molecule has 0 unspecified atom stereocenters. The van der Waals surface area contributed by atoms with Crippen LogP contribution in [0, 0.1) is 17.8 Å². The van der Waals surface area contributed by atoms with Gasteiger partial charge in [-0.25, -0.2) is 4.98 Å². The standard InChI is InChI=1S/C26H31FN8O/c1-16(2)9-28-10-18-5-21(23-30-13-22(27)35(23)14-18)24(36)32-20-6-19(11-29-12-20)26(7-17(3)8-26)25-33-31-15-34(25)4/h5-6,11-17,28H,7-10H2,1-4H3,(H,32,36). The summed E-state index contributed by atoms with van der Waals surface area (Å²) in [6.07, 6.45) is 9.81. The van der Waals surface area contributed by atoms with Crippen molar-refractivity contribution in [3.8, 4) is 0 Å². The minimum absolute atomic E-state index is 0.269. The molecule has 188 valence electrons. The maximum atomic E-state index is 14.4. The Balaban J connectivity index is 1.44. The molecule has 0 spiro atoms. The van der Waals surface area contributed by atoms with Crippen molar-refractivity contribution in [2.45, 2.75) is 45.6 Å². The van der Waals surface area contributed by atoms with E-state index < -0.39 is 5.95 Å². The number of rotatable bonds is 8. The van der Waals surface area contributed by atoms with Crippen molar-refractivity contribution in [1.29, 1.82) is 0 Å². The Morgan fingerprint density at radius 3 is 2.75 bits per heavy atom. The Bertz CT molecular complexity index is 1400. The van der Waals surface area contributed by atoms with E-state index in [4.69, 9.17) is 0 Å². The van der Waals surface area contributed by atoms with Gasteiger partial charge in [0.1, 0.15) is 12.2 Å². The second kappa shape index (κ2) is 9.42.